The van der Waals surface area contributed by atoms with Gasteiger partial charge in [0.1, 0.15) is 12.2 Å². The highest BCUT2D eigenvalue weighted by molar-refractivity contribution is 6.30. The van der Waals surface area contributed by atoms with Gasteiger partial charge < -0.3 is 15.1 Å². The smallest absolute Gasteiger partial charge is 0.229 e. The molecule has 0 bridgehead atoms. The molecule has 2 aromatic rings. The van der Waals surface area contributed by atoms with Gasteiger partial charge in [0, 0.05) is 11.6 Å². The summed E-state index contributed by atoms with van der Waals surface area (Å²) in [7, 11) is 0. The van der Waals surface area contributed by atoms with Crippen molar-refractivity contribution in [2.75, 3.05) is 0 Å². The first-order valence-corrected chi connectivity index (χ1v) is 6.81. The Kier molecular flexibility index (Phi) is 5.40. The molecule has 0 atom stereocenters. The number of benzene rings is 1. The third-order valence-electron chi connectivity index (χ3n) is 2.76. The zero-order valence-electron chi connectivity index (χ0n) is 11.3. The van der Waals surface area contributed by atoms with Crippen LogP contribution in [0.25, 0.3) is 0 Å². The summed E-state index contributed by atoms with van der Waals surface area (Å²) in [6.45, 7) is 0.637. The molecule has 21 heavy (non-hydrogen) atoms. The van der Waals surface area contributed by atoms with Gasteiger partial charge in [0.25, 0.3) is 0 Å². The maximum Gasteiger partial charge on any atom is 0.229 e. The highest BCUT2D eigenvalue weighted by Gasteiger charge is 2.09. The molecule has 0 saturated heterocycles. The molecule has 2 rings (SSSR count). The first-order valence-electron chi connectivity index (χ1n) is 6.44. The predicted molar refractivity (Wildman–Crippen MR) is 78.5 cm³/mol. The van der Waals surface area contributed by atoms with Crippen LogP contribution < -0.4 is 10.6 Å². The van der Waals surface area contributed by atoms with Gasteiger partial charge in [0.2, 0.25) is 11.8 Å². The number of nitrogens with one attached hydrogen (secondary N) is 2. The standard InChI is InChI=1S/C15H15ClN2O3/c16-12-5-3-11(4-6-12)9-17-14(19)8-15(20)18-10-13-2-1-7-21-13/h1-7H,8-10H2,(H,17,19)(H,18,20). The molecular weight excluding hydrogens is 292 g/mol. The lowest BCUT2D eigenvalue weighted by atomic mass is 10.2. The first kappa shape index (κ1) is 15.1. The van der Waals surface area contributed by atoms with Gasteiger partial charge in [0.05, 0.1) is 12.8 Å². The van der Waals surface area contributed by atoms with Crippen LogP contribution in [-0.4, -0.2) is 11.8 Å². The molecular formula is C15H15ClN2O3. The molecule has 110 valence electrons. The van der Waals surface area contributed by atoms with E-state index in [0.717, 1.165) is 5.56 Å². The van der Waals surface area contributed by atoms with E-state index in [1.54, 1.807) is 24.3 Å². The Morgan fingerprint density at radius 3 is 2.29 bits per heavy atom. The van der Waals surface area contributed by atoms with Crippen LogP contribution in [0.2, 0.25) is 5.02 Å². The average molecular weight is 307 g/mol. The van der Waals surface area contributed by atoms with Gasteiger partial charge in [0.15, 0.2) is 0 Å². The van der Waals surface area contributed by atoms with Crippen molar-refractivity contribution in [3.8, 4) is 0 Å². The minimum Gasteiger partial charge on any atom is -0.467 e. The summed E-state index contributed by atoms with van der Waals surface area (Å²) in [5.74, 6) is -0.0353. The fourth-order valence-electron chi connectivity index (χ4n) is 1.67. The van der Waals surface area contributed by atoms with Gasteiger partial charge in [-0.05, 0) is 29.8 Å². The minimum atomic E-state index is -0.347. The van der Waals surface area contributed by atoms with Crippen LogP contribution in [0.15, 0.2) is 47.1 Å². The molecule has 1 aromatic carbocycles. The van der Waals surface area contributed by atoms with Crippen molar-refractivity contribution in [1.29, 1.82) is 0 Å². The monoisotopic (exact) mass is 306 g/mol. The summed E-state index contributed by atoms with van der Waals surface area (Å²) >= 11 is 5.77. The zero-order chi connectivity index (χ0) is 15.1. The number of hydrogen-bond donors (Lipinski definition) is 2. The van der Waals surface area contributed by atoms with Crippen molar-refractivity contribution >= 4 is 23.4 Å². The van der Waals surface area contributed by atoms with Crippen molar-refractivity contribution in [3.05, 3.63) is 59.0 Å². The molecule has 0 fully saturated rings. The lowest BCUT2D eigenvalue weighted by Gasteiger charge is -2.06. The Labute approximate surface area is 127 Å². The van der Waals surface area contributed by atoms with Crippen LogP contribution in [0.1, 0.15) is 17.7 Å². The van der Waals surface area contributed by atoms with E-state index in [2.05, 4.69) is 10.6 Å². The van der Waals surface area contributed by atoms with E-state index in [9.17, 15) is 9.59 Å². The van der Waals surface area contributed by atoms with E-state index in [4.69, 9.17) is 16.0 Å². The van der Waals surface area contributed by atoms with E-state index in [-0.39, 0.29) is 24.8 Å². The summed E-state index contributed by atoms with van der Waals surface area (Å²) < 4.78 is 5.08. The second kappa shape index (κ2) is 7.50. The van der Waals surface area contributed by atoms with E-state index in [0.29, 0.717) is 17.3 Å². The van der Waals surface area contributed by atoms with Crippen LogP contribution in [0.5, 0.6) is 0 Å². The van der Waals surface area contributed by atoms with Crippen molar-refractivity contribution in [2.24, 2.45) is 0 Å². The van der Waals surface area contributed by atoms with Crippen molar-refractivity contribution in [1.82, 2.24) is 10.6 Å². The number of amides is 2. The Hall–Kier alpha value is -2.27. The number of hydrogen-bond acceptors (Lipinski definition) is 3. The minimum absolute atomic E-state index is 0.214. The van der Waals surface area contributed by atoms with Crippen LogP contribution in [0.4, 0.5) is 0 Å². The maximum absolute atomic E-state index is 11.6. The van der Waals surface area contributed by atoms with Crippen LogP contribution in [-0.2, 0) is 22.7 Å². The van der Waals surface area contributed by atoms with Crippen LogP contribution in [0, 0.1) is 0 Å². The highest BCUT2D eigenvalue weighted by atomic mass is 35.5. The Balaban J connectivity index is 1.68. The molecule has 1 aromatic heterocycles. The molecule has 0 aliphatic heterocycles. The lowest BCUT2D eigenvalue weighted by Crippen LogP contribution is -2.31. The first-order chi connectivity index (χ1) is 10.1. The molecule has 0 aliphatic carbocycles. The van der Waals surface area contributed by atoms with Gasteiger partial charge in [-0.15, -0.1) is 0 Å². The fourth-order valence-corrected chi connectivity index (χ4v) is 1.80. The fraction of sp³-hybridized carbons (Fsp3) is 0.200. The maximum atomic E-state index is 11.6. The van der Waals surface area contributed by atoms with E-state index in [1.807, 2.05) is 12.1 Å². The summed E-state index contributed by atoms with van der Waals surface area (Å²) in [6, 6.07) is 10.6. The molecule has 6 heteroatoms. The molecule has 1 heterocycles. The Morgan fingerprint density at radius 1 is 1.00 bits per heavy atom. The van der Waals surface area contributed by atoms with Gasteiger partial charge in [-0.3, -0.25) is 9.59 Å². The quantitative estimate of drug-likeness (QED) is 0.804. The number of carbonyl (C=O) groups is 2. The number of furan rings is 1. The molecule has 2 N–H and O–H groups in total. The van der Waals surface area contributed by atoms with Crippen LogP contribution >= 0.6 is 11.6 Å². The number of halogens is 1. The van der Waals surface area contributed by atoms with Crippen molar-refractivity contribution in [3.63, 3.8) is 0 Å². The molecule has 2 amide bonds. The predicted octanol–water partition coefficient (Wildman–Crippen LogP) is 2.26. The second-order valence-corrected chi connectivity index (χ2v) is 4.87. The molecule has 0 aliphatic rings. The summed E-state index contributed by atoms with van der Waals surface area (Å²) in [5.41, 5.74) is 0.920. The van der Waals surface area contributed by atoms with E-state index >= 15 is 0 Å². The highest BCUT2D eigenvalue weighted by Crippen LogP contribution is 2.09. The largest absolute Gasteiger partial charge is 0.467 e. The van der Waals surface area contributed by atoms with Gasteiger partial charge >= 0.3 is 0 Å². The lowest BCUT2D eigenvalue weighted by molar-refractivity contribution is -0.129. The van der Waals surface area contributed by atoms with Gasteiger partial charge in [-0.2, -0.15) is 0 Å². The molecule has 0 unspecified atom stereocenters. The Bertz CT molecular complexity index is 594. The third-order valence-corrected chi connectivity index (χ3v) is 3.02. The normalized spacial score (nSPS) is 10.1. The van der Waals surface area contributed by atoms with Crippen LogP contribution in [0.3, 0.4) is 0 Å². The number of carbonyl (C=O) groups excluding carboxylic acids is 2. The van der Waals surface area contributed by atoms with Crippen molar-refractivity contribution < 1.29 is 14.0 Å². The third kappa shape index (κ3) is 5.31. The van der Waals surface area contributed by atoms with Gasteiger partial charge in [-0.1, -0.05) is 23.7 Å². The van der Waals surface area contributed by atoms with Gasteiger partial charge in [-0.25, -0.2) is 0 Å². The SMILES string of the molecule is O=C(CC(=O)NCc1ccco1)NCc1ccc(Cl)cc1. The second-order valence-electron chi connectivity index (χ2n) is 4.44. The zero-order valence-corrected chi connectivity index (χ0v) is 12.0. The van der Waals surface area contributed by atoms with E-state index < -0.39 is 0 Å². The molecule has 0 spiro atoms. The number of rotatable bonds is 6. The summed E-state index contributed by atoms with van der Waals surface area (Å²) in [4.78, 5) is 23.2. The average Bonchev–Trinajstić information content (AvgIpc) is 2.98. The topological polar surface area (TPSA) is 71.3 Å². The molecule has 0 radical (unpaired) electrons. The Morgan fingerprint density at radius 2 is 1.67 bits per heavy atom. The molecule has 0 saturated carbocycles. The summed E-state index contributed by atoms with van der Waals surface area (Å²) in [6.07, 6.45) is 1.31. The van der Waals surface area contributed by atoms with Crippen molar-refractivity contribution in [2.45, 2.75) is 19.5 Å². The van der Waals surface area contributed by atoms with E-state index in [1.165, 1.54) is 6.26 Å². The summed E-state index contributed by atoms with van der Waals surface area (Å²) in [5, 5.41) is 5.93. The molecule has 5 nitrogen and oxygen atoms in total.